The maximum atomic E-state index is 5.89. The van der Waals surface area contributed by atoms with Gasteiger partial charge in [-0.3, -0.25) is 0 Å². The maximum absolute atomic E-state index is 5.89. The molecule has 1 nitrogen and oxygen atoms in total. The first kappa shape index (κ1) is 13.5. The van der Waals surface area contributed by atoms with Gasteiger partial charge in [0.1, 0.15) is 11.3 Å². The zero-order chi connectivity index (χ0) is 14.2. The first-order valence-corrected chi connectivity index (χ1v) is 7.70. The minimum Gasteiger partial charge on any atom is -0.457 e. The molecule has 2 aromatic rings. The Morgan fingerprint density at radius 1 is 1.10 bits per heavy atom. The Hall–Kier alpha value is -1.50. The van der Waals surface area contributed by atoms with Gasteiger partial charge in [-0.05, 0) is 55.2 Å². The molecule has 0 atom stereocenters. The van der Waals surface area contributed by atoms with Crippen LogP contribution in [-0.2, 0) is 0 Å². The van der Waals surface area contributed by atoms with Crippen molar-refractivity contribution in [1.82, 2.24) is 0 Å². The normalized spacial score (nSPS) is 20.4. The highest BCUT2D eigenvalue weighted by Gasteiger charge is 2.27. The third-order valence-corrected chi connectivity index (χ3v) is 4.64. The zero-order valence-electron chi connectivity index (χ0n) is 12.8. The highest BCUT2D eigenvalue weighted by molar-refractivity contribution is 5.79. The summed E-state index contributed by atoms with van der Waals surface area (Å²) < 4.78 is 5.89. The van der Waals surface area contributed by atoms with Gasteiger partial charge in [0.25, 0.3) is 0 Å². The SMILES string of the molecule is CC(C)(C)C1CCC(=Cc2cc3ccccc3o2)CC1. The second-order valence-corrected chi connectivity index (χ2v) is 7.13. The fraction of sp³-hybridized carbons (Fsp3) is 0.474. The van der Waals surface area contributed by atoms with Gasteiger partial charge in [0, 0.05) is 5.39 Å². The second kappa shape index (κ2) is 5.12. The fourth-order valence-corrected chi connectivity index (χ4v) is 3.27. The molecule has 0 unspecified atom stereocenters. The number of rotatable bonds is 1. The average Bonchev–Trinajstić information content (AvgIpc) is 2.80. The molecule has 3 rings (SSSR count). The van der Waals surface area contributed by atoms with E-state index < -0.39 is 0 Å². The molecule has 1 fully saturated rings. The molecular formula is C19H24O. The number of fused-ring (bicyclic) bond motifs is 1. The molecular weight excluding hydrogens is 244 g/mol. The van der Waals surface area contributed by atoms with Crippen molar-refractivity contribution in [3.05, 3.63) is 41.7 Å². The molecule has 0 N–H and O–H groups in total. The largest absolute Gasteiger partial charge is 0.457 e. The van der Waals surface area contributed by atoms with Crippen LogP contribution in [0.4, 0.5) is 0 Å². The minimum absolute atomic E-state index is 0.449. The lowest BCUT2D eigenvalue weighted by Gasteiger charge is -2.34. The number of benzene rings is 1. The van der Waals surface area contributed by atoms with Crippen LogP contribution in [0.25, 0.3) is 17.0 Å². The van der Waals surface area contributed by atoms with Crippen LogP contribution in [0.3, 0.4) is 0 Å². The van der Waals surface area contributed by atoms with Crippen LogP contribution in [-0.4, -0.2) is 0 Å². The highest BCUT2D eigenvalue weighted by Crippen LogP contribution is 2.40. The van der Waals surface area contributed by atoms with E-state index in [-0.39, 0.29) is 0 Å². The summed E-state index contributed by atoms with van der Waals surface area (Å²) in [5.41, 5.74) is 2.98. The van der Waals surface area contributed by atoms with Gasteiger partial charge in [0.15, 0.2) is 0 Å². The molecule has 1 heteroatoms. The van der Waals surface area contributed by atoms with E-state index in [4.69, 9.17) is 4.42 Å². The van der Waals surface area contributed by atoms with Gasteiger partial charge >= 0.3 is 0 Å². The summed E-state index contributed by atoms with van der Waals surface area (Å²) in [6.07, 6.45) is 7.34. The van der Waals surface area contributed by atoms with Crippen molar-refractivity contribution in [3.8, 4) is 0 Å². The first-order valence-electron chi connectivity index (χ1n) is 7.70. The Balaban J connectivity index is 1.74. The number of hydrogen-bond acceptors (Lipinski definition) is 1. The zero-order valence-corrected chi connectivity index (χ0v) is 12.8. The van der Waals surface area contributed by atoms with Gasteiger partial charge in [-0.2, -0.15) is 0 Å². The van der Waals surface area contributed by atoms with Crippen molar-refractivity contribution >= 4 is 17.0 Å². The standard InChI is InChI=1S/C19H24O/c1-19(2,3)16-10-8-14(9-11-16)12-17-13-15-6-4-5-7-18(15)20-17/h4-7,12-13,16H,8-11H2,1-3H3. The van der Waals surface area contributed by atoms with Gasteiger partial charge in [0.05, 0.1) is 0 Å². The van der Waals surface area contributed by atoms with Gasteiger partial charge in [0.2, 0.25) is 0 Å². The van der Waals surface area contributed by atoms with Gasteiger partial charge in [-0.25, -0.2) is 0 Å². The number of furan rings is 1. The van der Waals surface area contributed by atoms with Crippen molar-refractivity contribution < 1.29 is 4.42 Å². The summed E-state index contributed by atoms with van der Waals surface area (Å²) in [7, 11) is 0. The summed E-state index contributed by atoms with van der Waals surface area (Å²) in [6, 6.07) is 10.4. The van der Waals surface area contributed by atoms with Crippen LogP contribution in [0, 0.1) is 11.3 Å². The molecule has 0 aliphatic heterocycles. The molecule has 0 bridgehead atoms. The van der Waals surface area contributed by atoms with E-state index in [0.717, 1.165) is 17.3 Å². The summed E-state index contributed by atoms with van der Waals surface area (Å²) >= 11 is 0. The Labute approximate surface area is 121 Å². The van der Waals surface area contributed by atoms with Crippen LogP contribution < -0.4 is 0 Å². The van der Waals surface area contributed by atoms with Crippen molar-refractivity contribution in [3.63, 3.8) is 0 Å². The second-order valence-electron chi connectivity index (χ2n) is 7.13. The molecule has 0 spiro atoms. The van der Waals surface area contributed by atoms with Crippen molar-refractivity contribution in [1.29, 1.82) is 0 Å². The monoisotopic (exact) mass is 268 g/mol. The predicted octanol–water partition coefficient (Wildman–Crippen LogP) is 6.05. The van der Waals surface area contributed by atoms with E-state index in [2.05, 4.69) is 45.0 Å². The van der Waals surface area contributed by atoms with E-state index >= 15 is 0 Å². The van der Waals surface area contributed by atoms with Crippen LogP contribution in [0.1, 0.15) is 52.2 Å². The molecule has 1 aromatic carbocycles. The van der Waals surface area contributed by atoms with E-state index in [1.807, 2.05) is 12.1 Å². The minimum atomic E-state index is 0.449. The van der Waals surface area contributed by atoms with Gasteiger partial charge < -0.3 is 4.42 Å². The molecule has 0 radical (unpaired) electrons. The Morgan fingerprint density at radius 2 is 1.80 bits per heavy atom. The third kappa shape index (κ3) is 2.82. The molecule has 1 aliphatic rings. The van der Waals surface area contributed by atoms with Crippen molar-refractivity contribution in [2.45, 2.75) is 46.5 Å². The van der Waals surface area contributed by atoms with Gasteiger partial charge in [-0.1, -0.05) is 44.5 Å². The average molecular weight is 268 g/mol. The van der Waals surface area contributed by atoms with E-state index in [1.165, 1.54) is 31.1 Å². The fourth-order valence-electron chi connectivity index (χ4n) is 3.27. The van der Waals surface area contributed by atoms with Crippen LogP contribution in [0.5, 0.6) is 0 Å². The number of allylic oxidation sites excluding steroid dienone is 1. The smallest absolute Gasteiger partial charge is 0.134 e. The lowest BCUT2D eigenvalue weighted by molar-refractivity contribution is 0.198. The molecule has 0 saturated heterocycles. The molecule has 0 amide bonds. The molecule has 1 aromatic heterocycles. The maximum Gasteiger partial charge on any atom is 0.134 e. The molecule has 20 heavy (non-hydrogen) atoms. The number of para-hydroxylation sites is 1. The topological polar surface area (TPSA) is 13.1 Å². The Kier molecular flexibility index (Phi) is 3.45. The van der Waals surface area contributed by atoms with Crippen LogP contribution >= 0.6 is 0 Å². The lowest BCUT2D eigenvalue weighted by Crippen LogP contribution is -2.23. The number of hydrogen-bond donors (Lipinski definition) is 0. The summed E-state index contributed by atoms with van der Waals surface area (Å²) in [5, 5.41) is 1.20. The van der Waals surface area contributed by atoms with Crippen molar-refractivity contribution in [2.75, 3.05) is 0 Å². The summed E-state index contributed by atoms with van der Waals surface area (Å²) in [6.45, 7) is 7.10. The molecule has 1 heterocycles. The van der Waals surface area contributed by atoms with Crippen molar-refractivity contribution in [2.24, 2.45) is 11.3 Å². The van der Waals surface area contributed by atoms with E-state index in [0.29, 0.717) is 5.41 Å². The van der Waals surface area contributed by atoms with Crippen LogP contribution in [0.15, 0.2) is 40.3 Å². The third-order valence-electron chi connectivity index (χ3n) is 4.64. The molecule has 106 valence electrons. The quantitative estimate of drug-likeness (QED) is 0.613. The summed E-state index contributed by atoms with van der Waals surface area (Å²) in [4.78, 5) is 0. The highest BCUT2D eigenvalue weighted by atomic mass is 16.3. The Bertz CT molecular complexity index is 581. The molecule has 1 saturated carbocycles. The van der Waals surface area contributed by atoms with E-state index in [9.17, 15) is 0 Å². The summed E-state index contributed by atoms with van der Waals surface area (Å²) in [5.74, 6) is 1.87. The predicted molar refractivity (Wildman–Crippen MR) is 85.6 cm³/mol. The lowest BCUT2D eigenvalue weighted by atomic mass is 9.71. The van der Waals surface area contributed by atoms with Gasteiger partial charge in [-0.15, -0.1) is 0 Å². The van der Waals surface area contributed by atoms with Crippen LogP contribution in [0.2, 0.25) is 0 Å². The Morgan fingerprint density at radius 3 is 2.45 bits per heavy atom. The first-order chi connectivity index (χ1) is 9.52. The van der Waals surface area contributed by atoms with E-state index in [1.54, 1.807) is 5.57 Å². The molecule has 1 aliphatic carbocycles.